The first-order valence-electron chi connectivity index (χ1n) is 8.86. The molecule has 2 heterocycles. The smallest absolute Gasteiger partial charge is 0.335 e. The number of fused-ring (bicyclic) bond motifs is 1. The number of nitrogens with zero attached hydrogens (tertiary/aromatic N) is 2. The first-order valence-corrected chi connectivity index (χ1v) is 9.24. The van der Waals surface area contributed by atoms with E-state index in [1.54, 1.807) is 24.3 Å². The quantitative estimate of drug-likeness (QED) is 0.510. The van der Waals surface area contributed by atoms with Gasteiger partial charge in [0.05, 0.1) is 23.4 Å². The van der Waals surface area contributed by atoms with E-state index < -0.39 is 5.97 Å². The number of carboxylic acid groups (broad SMARTS) is 1. The molecule has 0 aliphatic carbocycles. The molecule has 29 heavy (non-hydrogen) atoms. The summed E-state index contributed by atoms with van der Waals surface area (Å²) in [5.41, 5.74) is 3.55. The Kier molecular flexibility index (Phi) is 5.01. The topological polar surface area (TPSA) is 83.7 Å². The Bertz CT molecular complexity index is 1220. The van der Waals surface area contributed by atoms with Crippen molar-refractivity contribution in [3.8, 4) is 11.3 Å². The second kappa shape index (κ2) is 7.77. The van der Waals surface area contributed by atoms with Gasteiger partial charge >= 0.3 is 5.97 Å². The van der Waals surface area contributed by atoms with Crippen LogP contribution in [0.2, 0.25) is 5.02 Å². The zero-order valence-corrected chi connectivity index (χ0v) is 15.9. The number of aromatic carboxylic acids is 1. The summed E-state index contributed by atoms with van der Waals surface area (Å²) < 4.78 is 1.87. The van der Waals surface area contributed by atoms with Gasteiger partial charge in [0, 0.05) is 22.5 Å². The van der Waals surface area contributed by atoms with E-state index in [9.17, 15) is 9.59 Å². The summed E-state index contributed by atoms with van der Waals surface area (Å²) in [6.07, 6.45) is 1.93. The monoisotopic (exact) mass is 405 g/mol. The number of hydrogen-bond donors (Lipinski definition) is 2. The summed E-state index contributed by atoms with van der Waals surface area (Å²) in [6, 6.07) is 19.1. The Balaban J connectivity index is 1.67. The number of rotatable bonds is 5. The summed E-state index contributed by atoms with van der Waals surface area (Å²) in [4.78, 5) is 28.5. The van der Waals surface area contributed by atoms with Crippen molar-refractivity contribution in [2.24, 2.45) is 0 Å². The number of nitrogens with one attached hydrogen (secondary N) is 1. The largest absolute Gasteiger partial charge is 0.478 e. The van der Waals surface area contributed by atoms with Crippen molar-refractivity contribution >= 4 is 34.8 Å². The van der Waals surface area contributed by atoms with E-state index in [-0.39, 0.29) is 17.9 Å². The van der Waals surface area contributed by atoms with Crippen molar-refractivity contribution in [2.75, 3.05) is 5.32 Å². The fourth-order valence-electron chi connectivity index (χ4n) is 3.14. The Morgan fingerprint density at radius 2 is 1.83 bits per heavy atom. The van der Waals surface area contributed by atoms with Crippen LogP contribution in [0.1, 0.15) is 16.1 Å². The Morgan fingerprint density at radius 3 is 2.59 bits per heavy atom. The van der Waals surface area contributed by atoms with Crippen LogP contribution in [0.4, 0.5) is 5.69 Å². The van der Waals surface area contributed by atoms with E-state index in [0.717, 1.165) is 16.9 Å². The van der Waals surface area contributed by atoms with Crippen LogP contribution in [0.25, 0.3) is 16.9 Å². The molecule has 0 bridgehead atoms. The highest BCUT2D eigenvalue weighted by Crippen LogP contribution is 2.26. The molecule has 0 radical (unpaired) electrons. The van der Waals surface area contributed by atoms with Crippen LogP contribution < -0.4 is 5.32 Å². The average molecular weight is 406 g/mol. The summed E-state index contributed by atoms with van der Waals surface area (Å²) >= 11 is 6.00. The maximum absolute atomic E-state index is 12.7. The maximum atomic E-state index is 12.7. The molecule has 0 unspecified atom stereocenters. The van der Waals surface area contributed by atoms with E-state index in [4.69, 9.17) is 16.7 Å². The van der Waals surface area contributed by atoms with Crippen LogP contribution in [-0.2, 0) is 11.2 Å². The van der Waals surface area contributed by atoms with Crippen molar-refractivity contribution in [1.82, 2.24) is 9.38 Å². The number of anilines is 1. The van der Waals surface area contributed by atoms with Gasteiger partial charge in [-0.05, 0) is 42.5 Å². The Morgan fingerprint density at radius 1 is 1.03 bits per heavy atom. The molecule has 0 saturated heterocycles. The summed E-state index contributed by atoms with van der Waals surface area (Å²) in [5.74, 6) is -1.32. The van der Waals surface area contributed by atoms with Gasteiger partial charge in [-0.3, -0.25) is 4.79 Å². The van der Waals surface area contributed by atoms with Gasteiger partial charge in [0.15, 0.2) is 0 Å². The first-order chi connectivity index (χ1) is 14.0. The number of amides is 1. The highest BCUT2D eigenvalue weighted by atomic mass is 35.5. The molecule has 0 saturated carbocycles. The van der Waals surface area contributed by atoms with E-state index in [0.29, 0.717) is 16.4 Å². The molecule has 4 rings (SSSR count). The molecular weight excluding hydrogens is 390 g/mol. The molecule has 0 aliphatic heterocycles. The van der Waals surface area contributed by atoms with Gasteiger partial charge in [-0.1, -0.05) is 35.9 Å². The standard InChI is InChI=1S/C22H16ClN3O3/c23-16-9-7-14(8-10-16)21-18(26-11-2-1-6-19(26)25-21)13-20(27)24-17-5-3-4-15(12-17)22(28)29/h1-12H,13H2,(H,24,27)(H,28,29). The normalized spacial score (nSPS) is 10.8. The number of carbonyl (C=O) groups is 2. The lowest BCUT2D eigenvalue weighted by Gasteiger charge is -2.08. The van der Waals surface area contributed by atoms with Gasteiger partial charge < -0.3 is 14.8 Å². The Labute approximate surface area is 171 Å². The van der Waals surface area contributed by atoms with Crippen LogP contribution in [0.3, 0.4) is 0 Å². The molecular formula is C22H16ClN3O3. The van der Waals surface area contributed by atoms with E-state index in [2.05, 4.69) is 10.3 Å². The molecule has 0 fully saturated rings. The van der Waals surface area contributed by atoms with Crippen LogP contribution >= 0.6 is 11.6 Å². The number of halogens is 1. The predicted octanol–water partition coefficient (Wildman–Crippen LogP) is 4.53. The summed E-state index contributed by atoms with van der Waals surface area (Å²) in [5, 5.41) is 12.5. The van der Waals surface area contributed by atoms with E-state index in [1.165, 1.54) is 12.1 Å². The maximum Gasteiger partial charge on any atom is 0.335 e. The zero-order valence-electron chi connectivity index (χ0n) is 15.2. The highest BCUT2D eigenvalue weighted by Gasteiger charge is 2.17. The lowest BCUT2D eigenvalue weighted by atomic mass is 10.1. The van der Waals surface area contributed by atoms with E-state index >= 15 is 0 Å². The fraction of sp³-hybridized carbons (Fsp3) is 0.0455. The van der Waals surface area contributed by atoms with Crippen LogP contribution in [-0.4, -0.2) is 26.4 Å². The first kappa shape index (κ1) is 18.7. The molecule has 144 valence electrons. The number of pyridine rings is 1. The number of carbonyl (C=O) groups excluding carboxylic acids is 1. The molecule has 0 aliphatic rings. The predicted molar refractivity (Wildman–Crippen MR) is 111 cm³/mol. The van der Waals surface area contributed by atoms with Gasteiger partial charge in [0.2, 0.25) is 5.91 Å². The molecule has 6 nitrogen and oxygen atoms in total. The second-order valence-electron chi connectivity index (χ2n) is 6.45. The minimum absolute atomic E-state index is 0.0699. The second-order valence-corrected chi connectivity index (χ2v) is 6.89. The third-order valence-electron chi connectivity index (χ3n) is 4.47. The third-order valence-corrected chi connectivity index (χ3v) is 4.72. The molecule has 7 heteroatoms. The number of aromatic nitrogens is 2. The fourth-order valence-corrected chi connectivity index (χ4v) is 3.27. The summed E-state index contributed by atoms with van der Waals surface area (Å²) in [7, 11) is 0. The van der Waals surface area contributed by atoms with Crippen molar-refractivity contribution in [3.63, 3.8) is 0 Å². The lowest BCUT2D eigenvalue weighted by molar-refractivity contribution is -0.115. The molecule has 0 atom stereocenters. The lowest BCUT2D eigenvalue weighted by Crippen LogP contribution is -2.16. The zero-order chi connectivity index (χ0) is 20.4. The number of hydrogen-bond acceptors (Lipinski definition) is 3. The SMILES string of the molecule is O=C(Cc1c(-c2ccc(Cl)cc2)nc2ccccn12)Nc1cccc(C(=O)O)c1. The van der Waals surface area contributed by atoms with Crippen molar-refractivity contribution < 1.29 is 14.7 Å². The number of carboxylic acids is 1. The Hall–Kier alpha value is -3.64. The van der Waals surface area contributed by atoms with Crippen LogP contribution in [0, 0.1) is 0 Å². The molecule has 4 aromatic rings. The molecule has 2 N–H and O–H groups in total. The average Bonchev–Trinajstić information content (AvgIpc) is 3.07. The van der Waals surface area contributed by atoms with E-state index in [1.807, 2.05) is 40.9 Å². The molecule has 1 amide bonds. The molecule has 2 aromatic heterocycles. The van der Waals surface area contributed by atoms with Crippen molar-refractivity contribution in [1.29, 1.82) is 0 Å². The minimum atomic E-state index is -1.05. The third kappa shape index (κ3) is 3.97. The number of benzene rings is 2. The van der Waals surface area contributed by atoms with Crippen LogP contribution in [0.5, 0.6) is 0 Å². The minimum Gasteiger partial charge on any atom is -0.478 e. The molecule has 2 aromatic carbocycles. The van der Waals surface area contributed by atoms with Gasteiger partial charge in [0.1, 0.15) is 5.65 Å². The highest BCUT2D eigenvalue weighted by molar-refractivity contribution is 6.30. The van der Waals surface area contributed by atoms with Crippen molar-refractivity contribution in [2.45, 2.75) is 6.42 Å². The number of imidazole rings is 1. The van der Waals surface area contributed by atoms with Gasteiger partial charge in [-0.2, -0.15) is 0 Å². The van der Waals surface area contributed by atoms with Crippen LogP contribution in [0.15, 0.2) is 72.9 Å². The summed E-state index contributed by atoms with van der Waals surface area (Å²) in [6.45, 7) is 0. The van der Waals surface area contributed by atoms with Crippen molar-refractivity contribution in [3.05, 3.63) is 89.2 Å². The van der Waals surface area contributed by atoms with Gasteiger partial charge in [-0.15, -0.1) is 0 Å². The van der Waals surface area contributed by atoms with Gasteiger partial charge in [0.25, 0.3) is 0 Å². The molecule has 0 spiro atoms. The van der Waals surface area contributed by atoms with Gasteiger partial charge in [-0.25, -0.2) is 9.78 Å².